The van der Waals surface area contributed by atoms with Crippen LogP contribution in [0.4, 0.5) is 10.1 Å². The molecule has 17 heavy (non-hydrogen) atoms. The number of hydrogen-bond acceptors (Lipinski definition) is 4. The third-order valence-electron chi connectivity index (χ3n) is 2.33. The van der Waals surface area contributed by atoms with Gasteiger partial charge in [0.2, 0.25) is 10.0 Å². The zero-order valence-electron chi connectivity index (χ0n) is 9.43. The molecule has 0 aliphatic carbocycles. The van der Waals surface area contributed by atoms with Gasteiger partial charge in [-0.2, -0.15) is 0 Å². The highest BCUT2D eigenvalue weighted by Gasteiger charge is 2.24. The fraction of sp³-hybridized carbons (Fsp3) is 0.400. The Hall–Kier alpha value is -1.18. The van der Waals surface area contributed by atoms with Gasteiger partial charge in [-0.1, -0.05) is 6.07 Å². The lowest BCUT2D eigenvalue weighted by Crippen LogP contribution is -2.29. The number of rotatable bonds is 5. The summed E-state index contributed by atoms with van der Waals surface area (Å²) in [6.07, 6.45) is 0.310. The van der Waals surface area contributed by atoms with Crippen LogP contribution in [0.15, 0.2) is 23.1 Å². The van der Waals surface area contributed by atoms with E-state index in [1.54, 1.807) is 0 Å². The molecule has 0 saturated carbocycles. The zero-order valence-corrected chi connectivity index (χ0v) is 10.2. The van der Waals surface area contributed by atoms with Crippen LogP contribution in [0.3, 0.4) is 0 Å². The van der Waals surface area contributed by atoms with E-state index < -0.39 is 15.8 Å². The van der Waals surface area contributed by atoms with Crippen LogP contribution in [-0.4, -0.2) is 38.0 Å². The Morgan fingerprint density at radius 1 is 1.47 bits per heavy atom. The number of aliphatic hydroxyl groups excluding tert-OH is 1. The van der Waals surface area contributed by atoms with Gasteiger partial charge in [-0.15, -0.1) is 0 Å². The largest absolute Gasteiger partial charge is 0.396 e. The molecule has 0 aliphatic rings. The topological polar surface area (TPSA) is 83.6 Å². The van der Waals surface area contributed by atoms with Gasteiger partial charge in [0.1, 0.15) is 10.7 Å². The highest BCUT2D eigenvalue weighted by Crippen LogP contribution is 2.23. The van der Waals surface area contributed by atoms with E-state index in [4.69, 9.17) is 10.8 Å². The lowest BCUT2D eigenvalue weighted by Gasteiger charge is -2.17. The van der Waals surface area contributed by atoms with Crippen molar-refractivity contribution in [2.24, 2.45) is 0 Å². The molecule has 0 aliphatic heterocycles. The van der Waals surface area contributed by atoms with E-state index >= 15 is 0 Å². The second-order valence-electron chi connectivity index (χ2n) is 3.56. The number of aliphatic hydroxyl groups is 1. The van der Waals surface area contributed by atoms with Crippen molar-refractivity contribution in [1.29, 1.82) is 0 Å². The first kappa shape index (κ1) is 13.9. The molecule has 1 aromatic rings. The number of para-hydroxylation sites is 1. The fourth-order valence-electron chi connectivity index (χ4n) is 1.32. The fourth-order valence-corrected chi connectivity index (χ4v) is 2.65. The summed E-state index contributed by atoms with van der Waals surface area (Å²) in [6.45, 7) is 0.0350. The summed E-state index contributed by atoms with van der Waals surface area (Å²) in [7, 11) is -2.45. The second-order valence-corrected chi connectivity index (χ2v) is 5.57. The Balaban J connectivity index is 3.09. The first-order valence-electron chi connectivity index (χ1n) is 5.02. The van der Waals surface area contributed by atoms with Gasteiger partial charge in [0.25, 0.3) is 0 Å². The molecular formula is C10H15FN2O3S. The average molecular weight is 262 g/mol. The predicted octanol–water partition coefficient (Wildman–Crippen LogP) is 0.411. The molecule has 0 heterocycles. The molecule has 0 radical (unpaired) electrons. The van der Waals surface area contributed by atoms with Crippen molar-refractivity contribution < 1.29 is 17.9 Å². The molecule has 0 aromatic heterocycles. The third-order valence-corrected chi connectivity index (χ3v) is 4.25. The van der Waals surface area contributed by atoms with Crippen LogP contribution >= 0.6 is 0 Å². The van der Waals surface area contributed by atoms with Gasteiger partial charge in [-0.05, 0) is 18.6 Å². The third kappa shape index (κ3) is 2.93. The summed E-state index contributed by atoms with van der Waals surface area (Å²) in [5.41, 5.74) is 5.02. The van der Waals surface area contributed by atoms with E-state index in [0.29, 0.717) is 6.42 Å². The quantitative estimate of drug-likeness (QED) is 0.753. The van der Waals surface area contributed by atoms with Crippen molar-refractivity contribution in [2.45, 2.75) is 11.3 Å². The molecule has 0 amide bonds. The molecule has 1 aromatic carbocycles. The normalized spacial score (nSPS) is 12.0. The molecule has 0 unspecified atom stereocenters. The molecule has 0 fully saturated rings. The maximum atomic E-state index is 13.2. The smallest absolute Gasteiger partial charge is 0.244 e. The van der Waals surface area contributed by atoms with Crippen molar-refractivity contribution in [3.05, 3.63) is 24.0 Å². The van der Waals surface area contributed by atoms with Gasteiger partial charge in [0.05, 0.1) is 5.69 Å². The lowest BCUT2D eigenvalue weighted by molar-refractivity contribution is 0.275. The Kier molecular flexibility index (Phi) is 4.44. The molecule has 96 valence electrons. The number of sulfonamides is 1. The molecule has 0 bridgehead atoms. The van der Waals surface area contributed by atoms with E-state index in [0.717, 1.165) is 10.4 Å². The summed E-state index contributed by atoms with van der Waals surface area (Å²) >= 11 is 0. The van der Waals surface area contributed by atoms with Crippen molar-refractivity contribution in [3.63, 3.8) is 0 Å². The minimum atomic E-state index is -3.81. The lowest BCUT2D eigenvalue weighted by atomic mass is 10.3. The summed E-state index contributed by atoms with van der Waals surface area (Å²) < 4.78 is 38.2. The van der Waals surface area contributed by atoms with Crippen molar-refractivity contribution in [3.8, 4) is 0 Å². The maximum Gasteiger partial charge on any atom is 0.244 e. The Morgan fingerprint density at radius 3 is 2.71 bits per heavy atom. The average Bonchev–Trinajstić information content (AvgIpc) is 2.29. The number of nitrogens with zero attached hydrogens (tertiary/aromatic N) is 1. The SMILES string of the molecule is CN(CCCO)S(=O)(=O)c1cccc(F)c1N. The molecule has 0 spiro atoms. The van der Waals surface area contributed by atoms with Crippen LogP contribution < -0.4 is 5.73 Å². The number of nitrogens with two attached hydrogens (primary N) is 1. The van der Waals surface area contributed by atoms with Gasteiger partial charge in [0, 0.05) is 20.2 Å². The number of halogens is 1. The molecule has 1 rings (SSSR count). The number of nitrogen functional groups attached to an aromatic ring is 1. The standard InChI is InChI=1S/C10H15FN2O3S/c1-13(6-3-7-14)17(15,16)9-5-2-4-8(11)10(9)12/h2,4-5,14H,3,6-7,12H2,1H3. The number of benzene rings is 1. The highest BCUT2D eigenvalue weighted by molar-refractivity contribution is 7.89. The van der Waals surface area contributed by atoms with Crippen molar-refractivity contribution >= 4 is 15.7 Å². The van der Waals surface area contributed by atoms with Crippen LogP contribution in [0.5, 0.6) is 0 Å². The van der Waals surface area contributed by atoms with E-state index in [9.17, 15) is 12.8 Å². The monoisotopic (exact) mass is 262 g/mol. The molecule has 0 saturated heterocycles. The second kappa shape index (κ2) is 5.44. The van der Waals surface area contributed by atoms with Gasteiger partial charge in [-0.3, -0.25) is 0 Å². The van der Waals surface area contributed by atoms with Crippen LogP contribution in [0.1, 0.15) is 6.42 Å². The van der Waals surface area contributed by atoms with E-state index in [1.165, 1.54) is 19.2 Å². The first-order valence-corrected chi connectivity index (χ1v) is 6.46. The molecule has 3 N–H and O–H groups in total. The first-order chi connectivity index (χ1) is 7.91. The van der Waals surface area contributed by atoms with Crippen LogP contribution in [0.2, 0.25) is 0 Å². The Morgan fingerprint density at radius 2 is 2.12 bits per heavy atom. The van der Waals surface area contributed by atoms with Crippen LogP contribution in [0, 0.1) is 5.82 Å². The summed E-state index contributed by atoms with van der Waals surface area (Å²) in [5, 5.41) is 8.64. The van der Waals surface area contributed by atoms with Gasteiger partial charge >= 0.3 is 0 Å². The van der Waals surface area contributed by atoms with Gasteiger partial charge in [-0.25, -0.2) is 17.1 Å². The van der Waals surface area contributed by atoms with Gasteiger partial charge in [0.15, 0.2) is 0 Å². The zero-order chi connectivity index (χ0) is 13.1. The predicted molar refractivity (Wildman–Crippen MR) is 62.3 cm³/mol. The highest BCUT2D eigenvalue weighted by atomic mass is 32.2. The van der Waals surface area contributed by atoms with Crippen LogP contribution in [0.25, 0.3) is 0 Å². The maximum absolute atomic E-state index is 13.2. The van der Waals surface area contributed by atoms with Crippen LogP contribution in [-0.2, 0) is 10.0 Å². The van der Waals surface area contributed by atoms with E-state index in [-0.39, 0.29) is 23.7 Å². The summed E-state index contributed by atoms with van der Waals surface area (Å²) in [6, 6.07) is 3.64. The minimum absolute atomic E-state index is 0.113. The molecule has 5 nitrogen and oxygen atoms in total. The van der Waals surface area contributed by atoms with Gasteiger partial charge < -0.3 is 10.8 Å². The summed E-state index contributed by atoms with van der Waals surface area (Å²) in [4.78, 5) is -0.252. The Labute approximate surface area is 99.7 Å². The molecule has 0 atom stereocenters. The summed E-state index contributed by atoms with van der Waals surface area (Å²) in [5.74, 6) is -0.762. The van der Waals surface area contributed by atoms with E-state index in [1.807, 2.05) is 0 Å². The Bertz CT molecular complexity index is 490. The molecular weight excluding hydrogens is 247 g/mol. The minimum Gasteiger partial charge on any atom is -0.396 e. The number of anilines is 1. The van der Waals surface area contributed by atoms with E-state index in [2.05, 4.69) is 0 Å². The number of hydrogen-bond donors (Lipinski definition) is 2. The molecule has 7 heteroatoms. The van der Waals surface area contributed by atoms with Crippen molar-refractivity contribution in [2.75, 3.05) is 25.9 Å². The van der Waals surface area contributed by atoms with Crippen molar-refractivity contribution in [1.82, 2.24) is 4.31 Å².